The summed E-state index contributed by atoms with van der Waals surface area (Å²) >= 11 is 0. The molecule has 146 valence electrons. The molecular formula is C20H21N3O5. The fourth-order valence-electron chi connectivity index (χ4n) is 2.31. The number of nitrogens with one attached hydrogen (secondary N) is 1. The highest BCUT2D eigenvalue weighted by Gasteiger charge is 2.14. The van der Waals surface area contributed by atoms with Gasteiger partial charge in [0.05, 0.1) is 24.8 Å². The highest BCUT2D eigenvalue weighted by atomic mass is 16.5. The van der Waals surface area contributed by atoms with E-state index in [0.717, 1.165) is 0 Å². The quantitative estimate of drug-likeness (QED) is 0.670. The van der Waals surface area contributed by atoms with Crippen LogP contribution in [-0.2, 0) is 6.54 Å². The molecule has 1 aromatic heterocycles. The number of para-hydroxylation sites is 1. The Morgan fingerprint density at radius 3 is 2.50 bits per heavy atom. The molecule has 1 amide bonds. The van der Waals surface area contributed by atoms with Gasteiger partial charge >= 0.3 is 5.97 Å². The summed E-state index contributed by atoms with van der Waals surface area (Å²) in [5.74, 6) is -0.450. The monoisotopic (exact) mass is 383 g/mol. The lowest BCUT2D eigenvalue weighted by molar-refractivity contribution is 0.0697. The third-order valence-corrected chi connectivity index (χ3v) is 3.58. The van der Waals surface area contributed by atoms with Gasteiger partial charge in [0.25, 0.3) is 11.8 Å². The van der Waals surface area contributed by atoms with Gasteiger partial charge in [0.15, 0.2) is 0 Å². The average molecular weight is 383 g/mol. The minimum atomic E-state index is -1.10. The van der Waals surface area contributed by atoms with Gasteiger partial charge in [-0.1, -0.05) is 32.0 Å². The number of ether oxygens (including phenoxy) is 1. The summed E-state index contributed by atoms with van der Waals surface area (Å²) in [7, 11) is 1.54. The first-order valence-corrected chi connectivity index (χ1v) is 8.66. The van der Waals surface area contributed by atoms with E-state index in [-0.39, 0.29) is 29.5 Å². The van der Waals surface area contributed by atoms with E-state index in [1.807, 2.05) is 26.0 Å². The Balaban J connectivity index is 0.00000136. The topological polar surface area (TPSA) is 115 Å². The second kappa shape index (κ2) is 9.86. The molecule has 0 fully saturated rings. The number of methoxy groups -OCH3 is 1. The summed E-state index contributed by atoms with van der Waals surface area (Å²) in [6.45, 7) is 4.01. The van der Waals surface area contributed by atoms with Crippen molar-refractivity contribution in [2.24, 2.45) is 0 Å². The summed E-state index contributed by atoms with van der Waals surface area (Å²) in [5.41, 5.74) is 0.914. The van der Waals surface area contributed by atoms with Gasteiger partial charge < -0.3 is 19.6 Å². The molecule has 0 aliphatic rings. The molecule has 0 radical (unpaired) electrons. The predicted molar refractivity (Wildman–Crippen MR) is 102 cm³/mol. The third-order valence-electron chi connectivity index (χ3n) is 3.58. The molecule has 0 unspecified atom stereocenters. The van der Waals surface area contributed by atoms with E-state index in [2.05, 4.69) is 15.5 Å². The minimum absolute atomic E-state index is 0.0122. The number of carbonyl (C=O) groups is 2. The Kier molecular flexibility index (Phi) is 7.27. The second-order valence-electron chi connectivity index (χ2n) is 5.27. The van der Waals surface area contributed by atoms with Crippen molar-refractivity contribution in [2.75, 3.05) is 7.11 Å². The Labute approximate surface area is 162 Å². The zero-order valence-corrected chi connectivity index (χ0v) is 15.8. The van der Waals surface area contributed by atoms with Gasteiger partial charge in [-0.05, 0) is 30.3 Å². The fraction of sp³-hybridized carbons (Fsp3) is 0.200. The Morgan fingerprint density at radius 1 is 1.07 bits per heavy atom. The summed E-state index contributed by atoms with van der Waals surface area (Å²) in [4.78, 5) is 23.1. The maximum absolute atomic E-state index is 12.2. The van der Waals surface area contributed by atoms with Crippen molar-refractivity contribution in [1.82, 2.24) is 15.5 Å². The molecule has 0 bridgehead atoms. The maximum atomic E-state index is 12.2. The molecule has 8 nitrogen and oxygen atoms in total. The van der Waals surface area contributed by atoms with E-state index in [0.29, 0.717) is 11.3 Å². The van der Waals surface area contributed by atoms with E-state index >= 15 is 0 Å². The molecule has 0 aliphatic carbocycles. The van der Waals surface area contributed by atoms with E-state index in [1.54, 1.807) is 19.2 Å². The van der Waals surface area contributed by atoms with Crippen molar-refractivity contribution < 1.29 is 23.8 Å². The number of nitrogens with zero attached hydrogens (tertiary/aromatic N) is 2. The van der Waals surface area contributed by atoms with Gasteiger partial charge in [-0.15, -0.1) is 10.2 Å². The Hall–Kier alpha value is -3.68. The van der Waals surface area contributed by atoms with E-state index in [4.69, 9.17) is 14.3 Å². The van der Waals surface area contributed by atoms with Crippen LogP contribution in [0.5, 0.6) is 5.75 Å². The number of amides is 1. The van der Waals surface area contributed by atoms with Crippen molar-refractivity contribution in [1.29, 1.82) is 0 Å². The van der Waals surface area contributed by atoms with Gasteiger partial charge in [-0.2, -0.15) is 0 Å². The van der Waals surface area contributed by atoms with Crippen molar-refractivity contribution in [3.05, 3.63) is 65.5 Å². The van der Waals surface area contributed by atoms with Gasteiger partial charge in [0.1, 0.15) is 5.75 Å². The van der Waals surface area contributed by atoms with E-state index < -0.39 is 11.9 Å². The zero-order chi connectivity index (χ0) is 20.5. The van der Waals surface area contributed by atoms with E-state index in [1.165, 1.54) is 24.3 Å². The second-order valence-corrected chi connectivity index (χ2v) is 5.27. The molecule has 1 heterocycles. The van der Waals surface area contributed by atoms with Crippen LogP contribution >= 0.6 is 0 Å². The lowest BCUT2D eigenvalue weighted by atomic mass is 10.1. The lowest BCUT2D eigenvalue weighted by Gasteiger charge is -2.04. The first kappa shape index (κ1) is 20.6. The Bertz CT molecular complexity index is 952. The number of carboxylic acids is 1. The fourth-order valence-corrected chi connectivity index (χ4v) is 2.31. The summed E-state index contributed by atoms with van der Waals surface area (Å²) in [5, 5.41) is 19.4. The number of carbonyl (C=O) groups excluding carboxylic acids is 1. The number of hydrogen-bond donors (Lipinski definition) is 2. The molecule has 28 heavy (non-hydrogen) atoms. The smallest absolute Gasteiger partial charge is 0.335 e. The predicted octanol–water partition coefficient (Wildman–Crippen LogP) is 3.40. The largest absolute Gasteiger partial charge is 0.496 e. The number of benzene rings is 2. The van der Waals surface area contributed by atoms with Crippen LogP contribution in [0.15, 0.2) is 52.9 Å². The van der Waals surface area contributed by atoms with Gasteiger partial charge in [-0.25, -0.2) is 4.79 Å². The van der Waals surface area contributed by atoms with Crippen LogP contribution in [-0.4, -0.2) is 34.3 Å². The number of hydrogen-bond acceptors (Lipinski definition) is 6. The SMILES string of the molecule is CC.COc1ccccc1-c1nnc(CNC(=O)c2cccc(C(=O)O)c2)o1. The number of aromatic nitrogens is 2. The molecular weight excluding hydrogens is 362 g/mol. The molecule has 0 aliphatic heterocycles. The average Bonchev–Trinajstić information content (AvgIpc) is 3.22. The van der Waals surface area contributed by atoms with Gasteiger partial charge in [0, 0.05) is 5.56 Å². The zero-order valence-electron chi connectivity index (χ0n) is 15.8. The van der Waals surface area contributed by atoms with Crippen LogP contribution < -0.4 is 10.1 Å². The molecule has 2 N–H and O–H groups in total. The van der Waals surface area contributed by atoms with Crippen LogP contribution in [0.2, 0.25) is 0 Å². The van der Waals surface area contributed by atoms with Crippen molar-refractivity contribution in [2.45, 2.75) is 20.4 Å². The van der Waals surface area contributed by atoms with Crippen LogP contribution in [0.1, 0.15) is 40.5 Å². The molecule has 3 aromatic rings. The molecule has 8 heteroatoms. The molecule has 2 aromatic carbocycles. The normalized spacial score (nSPS) is 9.82. The van der Waals surface area contributed by atoms with Crippen molar-refractivity contribution in [3.8, 4) is 17.2 Å². The van der Waals surface area contributed by atoms with Crippen LogP contribution in [0.3, 0.4) is 0 Å². The van der Waals surface area contributed by atoms with Crippen LogP contribution in [0, 0.1) is 0 Å². The summed E-state index contributed by atoms with van der Waals surface area (Å²) < 4.78 is 10.8. The van der Waals surface area contributed by atoms with Gasteiger partial charge in [-0.3, -0.25) is 4.79 Å². The minimum Gasteiger partial charge on any atom is -0.496 e. The summed E-state index contributed by atoms with van der Waals surface area (Å²) in [6.07, 6.45) is 0. The number of aromatic carboxylic acids is 1. The van der Waals surface area contributed by atoms with Gasteiger partial charge in [0.2, 0.25) is 5.89 Å². The van der Waals surface area contributed by atoms with Crippen LogP contribution in [0.4, 0.5) is 0 Å². The first-order valence-electron chi connectivity index (χ1n) is 8.66. The molecule has 0 atom stereocenters. The summed E-state index contributed by atoms with van der Waals surface area (Å²) in [6, 6.07) is 12.9. The standard InChI is InChI=1S/C18H15N3O5.C2H6/c1-25-14-8-3-2-7-13(14)17-21-20-15(26-17)10-19-16(22)11-5-4-6-12(9-11)18(23)24;1-2/h2-9H,10H2,1H3,(H,19,22)(H,23,24);1-2H3. The number of carboxylic acid groups (broad SMARTS) is 1. The lowest BCUT2D eigenvalue weighted by Crippen LogP contribution is -2.23. The Morgan fingerprint density at radius 2 is 1.79 bits per heavy atom. The van der Waals surface area contributed by atoms with Crippen molar-refractivity contribution in [3.63, 3.8) is 0 Å². The maximum Gasteiger partial charge on any atom is 0.335 e. The molecule has 0 spiro atoms. The molecule has 0 saturated heterocycles. The van der Waals surface area contributed by atoms with Crippen LogP contribution in [0.25, 0.3) is 11.5 Å². The highest BCUT2D eigenvalue weighted by molar-refractivity contribution is 5.97. The number of rotatable bonds is 6. The first-order chi connectivity index (χ1) is 13.6. The molecule has 3 rings (SSSR count). The molecule has 0 saturated carbocycles. The van der Waals surface area contributed by atoms with Crippen molar-refractivity contribution >= 4 is 11.9 Å². The van der Waals surface area contributed by atoms with E-state index in [9.17, 15) is 9.59 Å². The highest BCUT2D eigenvalue weighted by Crippen LogP contribution is 2.28. The third kappa shape index (κ3) is 4.94.